The van der Waals surface area contributed by atoms with Crippen LogP contribution in [0.4, 0.5) is 11.4 Å². The maximum atomic E-state index is 12.9. The van der Waals surface area contributed by atoms with Gasteiger partial charge in [0, 0.05) is 0 Å². The van der Waals surface area contributed by atoms with Gasteiger partial charge in [0.25, 0.3) is 11.8 Å². The summed E-state index contributed by atoms with van der Waals surface area (Å²) in [7, 11) is 0. The highest BCUT2D eigenvalue weighted by Gasteiger charge is 2.24. The lowest BCUT2D eigenvalue weighted by molar-refractivity contribution is 0.0681. The van der Waals surface area contributed by atoms with Crippen LogP contribution >= 0.6 is 0 Å². The predicted molar refractivity (Wildman–Crippen MR) is 186 cm³/mol. The molecule has 0 aliphatic heterocycles. The summed E-state index contributed by atoms with van der Waals surface area (Å²) in [6.07, 6.45) is 0. The van der Waals surface area contributed by atoms with E-state index >= 15 is 0 Å². The third-order valence-electron chi connectivity index (χ3n) is 7.52. The first kappa shape index (κ1) is 37.1. The first-order valence-corrected chi connectivity index (χ1v) is 15.3. The number of carbonyl (C=O) groups is 8. The fourth-order valence-corrected chi connectivity index (χ4v) is 4.94. The van der Waals surface area contributed by atoms with Crippen LogP contribution < -0.4 is 20.1 Å². The van der Waals surface area contributed by atoms with E-state index in [0.29, 0.717) is 0 Å². The molecule has 0 aliphatic rings. The molecule has 0 radical (unpaired) electrons. The first-order valence-electron chi connectivity index (χ1n) is 15.3. The molecule has 0 saturated carbocycles. The molecule has 6 N–H and O–H groups in total. The van der Waals surface area contributed by atoms with E-state index in [2.05, 4.69) is 10.6 Å². The normalized spacial score (nSPS) is 10.4. The predicted octanol–water partition coefficient (Wildman–Crippen LogP) is 5.42. The molecule has 5 aromatic carbocycles. The Morgan fingerprint density at radius 2 is 0.722 bits per heavy atom. The Labute approximate surface area is 302 Å². The van der Waals surface area contributed by atoms with Crippen molar-refractivity contribution in [1.29, 1.82) is 0 Å². The molecule has 16 heteroatoms. The molecule has 5 aromatic rings. The number of ether oxygens (including phenoxy) is 2. The zero-order chi connectivity index (χ0) is 39.1. The van der Waals surface area contributed by atoms with Gasteiger partial charge in [-0.3, -0.25) is 9.59 Å². The van der Waals surface area contributed by atoms with Gasteiger partial charge in [0.15, 0.2) is 0 Å². The average molecular weight is 733 g/mol. The quantitative estimate of drug-likeness (QED) is 0.0691. The highest BCUT2D eigenvalue weighted by atomic mass is 16.5. The molecule has 0 unspecified atom stereocenters. The van der Waals surface area contributed by atoms with Gasteiger partial charge in [0.1, 0.15) is 11.5 Å². The van der Waals surface area contributed by atoms with Crippen molar-refractivity contribution in [3.05, 3.63) is 154 Å². The molecule has 5 rings (SSSR count). The Balaban J connectivity index is 1.25. The molecule has 0 fully saturated rings. The third kappa shape index (κ3) is 8.41. The Bertz CT molecular complexity index is 2220. The van der Waals surface area contributed by atoms with E-state index in [0.717, 1.165) is 36.4 Å². The molecule has 16 nitrogen and oxygen atoms in total. The number of benzene rings is 5. The number of hydrogen-bond donors (Lipinski definition) is 6. The van der Waals surface area contributed by atoms with E-state index in [-0.39, 0.29) is 56.3 Å². The van der Waals surface area contributed by atoms with Crippen molar-refractivity contribution in [3.8, 4) is 11.5 Å². The van der Waals surface area contributed by atoms with Crippen molar-refractivity contribution < 1.29 is 68.3 Å². The van der Waals surface area contributed by atoms with E-state index < -0.39 is 58.8 Å². The van der Waals surface area contributed by atoms with Crippen molar-refractivity contribution in [2.75, 3.05) is 10.6 Å². The van der Waals surface area contributed by atoms with Crippen LogP contribution in [0, 0.1) is 0 Å². The first-order chi connectivity index (χ1) is 25.7. The second kappa shape index (κ2) is 15.8. The number of carboxylic acids is 4. The van der Waals surface area contributed by atoms with Gasteiger partial charge >= 0.3 is 35.8 Å². The van der Waals surface area contributed by atoms with Gasteiger partial charge in [0.05, 0.1) is 55.9 Å². The Hall–Kier alpha value is -8.14. The van der Waals surface area contributed by atoms with Gasteiger partial charge in [-0.25, -0.2) is 28.8 Å². The van der Waals surface area contributed by atoms with Crippen LogP contribution in [0.5, 0.6) is 11.5 Å². The summed E-state index contributed by atoms with van der Waals surface area (Å²) in [5.41, 5.74) is -2.96. The van der Waals surface area contributed by atoms with Crippen molar-refractivity contribution in [3.63, 3.8) is 0 Å². The Kier molecular flexibility index (Phi) is 10.9. The summed E-state index contributed by atoms with van der Waals surface area (Å²) >= 11 is 0. The van der Waals surface area contributed by atoms with Crippen LogP contribution in [0.15, 0.2) is 109 Å². The van der Waals surface area contributed by atoms with Crippen molar-refractivity contribution in [2.45, 2.75) is 0 Å². The van der Waals surface area contributed by atoms with Gasteiger partial charge < -0.3 is 40.5 Å². The maximum Gasteiger partial charge on any atom is 0.343 e. The van der Waals surface area contributed by atoms with Crippen molar-refractivity contribution >= 4 is 59.0 Å². The fourth-order valence-electron chi connectivity index (χ4n) is 4.94. The molecule has 54 heavy (non-hydrogen) atoms. The van der Waals surface area contributed by atoms with E-state index in [1.54, 1.807) is 0 Å². The zero-order valence-electron chi connectivity index (χ0n) is 27.3. The number of rotatable bonds is 12. The van der Waals surface area contributed by atoms with Crippen LogP contribution in [0.1, 0.15) is 82.9 Å². The summed E-state index contributed by atoms with van der Waals surface area (Å²) in [4.78, 5) is 98.4. The van der Waals surface area contributed by atoms with E-state index in [1.807, 2.05) is 0 Å². The summed E-state index contributed by atoms with van der Waals surface area (Å²) in [6.45, 7) is 0. The number of para-hydroxylation sites is 2. The second-order valence-corrected chi connectivity index (χ2v) is 11.0. The molecule has 2 amide bonds. The second-order valence-electron chi connectivity index (χ2n) is 11.0. The summed E-state index contributed by atoms with van der Waals surface area (Å²) in [6, 6.07) is 22.2. The number of anilines is 2. The Morgan fingerprint density at radius 1 is 0.389 bits per heavy atom. The maximum absolute atomic E-state index is 12.9. The number of amides is 2. The molecule has 0 bridgehead atoms. The smallest absolute Gasteiger partial charge is 0.343 e. The van der Waals surface area contributed by atoms with Crippen LogP contribution in [0.3, 0.4) is 0 Å². The standard InChI is InChI=1S/C38H24N2O14/c41-31(39-29-7-3-1-5-25(29)33(43)44)23-15-9-19(17-27(23)35(47)48)37(51)53-21-11-13-22(14-12-21)54-38(52)20-10-16-24(28(18-20)36(49)50)32(42)40-30-8-4-2-6-26(30)34(45)46/h1-18H,(H,39,41)(H,40,42)(H,43,44)(H,45,46)(H,47,48)(H,49,50). The van der Waals surface area contributed by atoms with E-state index in [9.17, 15) is 58.8 Å². The number of hydrogen-bond acceptors (Lipinski definition) is 10. The van der Waals surface area contributed by atoms with Crippen molar-refractivity contribution in [1.82, 2.24) is 0 Å². The minimum absolute atomic E-state index is 0.0585. The fraction of sp³-hybridized carbons (Fsp3) is 0. The van der Waals surface area contributed by atoms with Gasteiger partial charge in [-0.15, -0.1) is 0 Å². The summed E-state index contributed by atoms with van der Waals surface area (Å²) in [5.74, 6) is -9.76. The number of carbonyl (C=O) groups excluding carboxylic acids is 4. The average Bonchev–Trinajstić information content (AvgIpc) is 3.15. The van der Waals surface area contributed by atoms with Crippen LogP contribution in [0.2, 0.25) is 0 Å². The van der Waals surface area contributed by atoms with E-state index in [4.69, 9.17) is 9.47 Å². The monoisotopic (exact) mass is 732 g/mol. The topological polar surface area (TPSA) is 260 Å². The minimum atomic E-state index is -1.55. The molecular weight excluding hydrogens is 708 g/mol. The summed E-state index contributed by atoms with van der Waals surface area (Å²) in [5, 5.41) is 42.9. The molecule has 0 aromatic heterocycles. The van der Waals surface area contributed by atoms with Gasteiger partial charge in [-0.1, -0.05) is 24.3 Å². The number of nitrogens with one attached hydrogen (secondary N) is 2. The Morgan fingerprint density at radius 3 is 1.06 bits per heavy atom. The molecule has 0 aliphatic carbocycles. The largest absolute Gasteiger partial charge is 0.478 e. The molecule has 0 heterocycles. The lowest BCUT2D eigenvalue weighted by Gasteiger charge is -2.12. The summed E-state index contributed by atoms with van der Waals surface area (Å²) < 4.78 is 10.6. The molecule has 0 atom stereocenters. The van der Waals surface area contributed by atoms with Crippen molar-refractivity contribution in [2.24, 2.45) is 0 Å². The molecule has 0 saturated heterocycles. The van der Waals surface area contributed by atoms with Gasteiger partial charge in [-0.05, 0) is 84.9 Å². The third-order valence-corrected chi connectivity index (χ3v) is 7.52. The zero-order valence-corrected chi connectivity index (χ0v) is 27.3. The lowest BCUT2D eigenvalue weighted by atomic mass is 10.0. The van der Waals surface area contributed by atoms with Crippen LogP contribution in [-0.2, 0) is 0 Å². The highest BCUT2D eigenvalue weighted by molar-refractivity contribution is 6.14. The molecule has 270 valence electrons. The van der Waals surface area contributed by atoms with Gasteiger partial charge in [0.2, 0.25) is 0 Å². The number of aromatic carboxylic acids is 4. The SMILES string of the molecule is O=C(Oc1ccc(OC(=O)c2ccc(C(=O)Nc3ccccc3C(=O)O)c(C(=O)O)c2)cc1)c1ccc(C(=O)Nc2ccccc2C(=O)O)c(C(=O)O)c1. The van der Waals surface area contributed by atoms with Gasteiger partial charge in [-0.2, -0.15) is 0 Å². The minimum Gasteiger partial charge on any atom is -0.478 e. The van der Waals surface area contributed by atoms with Crippen LogP contribution in [0.25, 0.3) is 0 Å². The molecule has 0 spiro atoms. The molecular formula is C38H24N2O14. The van der Waals surface area contributed by atoms with Crippen LogP contribution in [-0.4, -0.2) is 68.1 Å². The lowest BCUT2D eigenvalue weighted by Crippen LogP contribution is -2.19. The highest BCUT2D eigenvalue weighted by Crippen LogP contribution is 2.24. The van der Waals surface area contributed by atoms with E-state index in [1.165, 1.54) is 72.8 Å². The number of esters is 2. The number of carboxylic acid groups (broad SMARTS) is 4.